The molecule has 5 heterocycles. The second kappa shape index (κ2) is 15.6. The maximum absolute atomic E-state index is 14.3. The molecule has 1 aliphatic carbocycles. The van der Waals surface area contributed by atoms with Crippen LogP contribution in [0, 0.1) is 11.2 Å². The number of carbonyl (C=O) groups is 1. The first-order valence-corrected chi connectivity index (χ1v) is 18.8. The highest BCUT2D eigenvalue weighted by Crippen LogP contribution is 2.52. The van der Waals surface area contributed by atoms with E-state index in [0.29, 0.717) is 18.1 Å². The predicted molar refractivity (Wildman–Crippen MR) is 197 cm³/mol. The largest absolute Gasteiger partial charge is 0.490 e. The van der Waals surface area contributed by atoms with Gasteiger partial charge in [-0.25, -0.2) is 14.4 Å². The summed E-state index contributed by atoms with van der Waals surface area (Å²) in [5.41, 5.74) is 8.63. The van der Waals surface area contributed by atoms with E-state index < -0.39 is 10.8 Å². The fraction of sp³-hybridized carbons (Fsp3) is 0.579. The molecule has 1 spiro atoms. The molecule has 3 fully saturated rings. The number of amides is 1. The predicted octanol–water partition coefficient (Wildman–Crippen LogP) is 5.71. The van der Waals surface area contributed by atoms with E-state index in [-0.39, 0.29) is 34.8 Å². The normalized spacial score (nSPS) is 19.3. The first-order valence-electron chi connectivity index (χ1n) is 18.4. The van der Waals surface area contributed by atoms with Crippen molar-refractivity contribution in [2.24, 2.45) is 11.1 Å². The van der Waals surface area contributed by atoms with Crippen LogP contribution in [-0.4, -0.2) is 105 Å². The summed E-state index contributed by atoms with van der Waals surface area (Å²) in [6.07, 6.45) is 9.06. The first-order chi connectivity index (χ1) is 24.5. The van der Waals surface area contributed by atoms with E-state index in [1.54, 1.807) is 11.1 Å². The van der Waals surface area contributed by atoms with Crippen LogP contribution in [0.3, 0.4) is 0 Å². The van der Waals surface area contributed by atoms with Crippen LogP contribution in [0.25, 0.3) is 0 Å². The van der Waals surface area contributed by atoms with E-state index in [2.05, 4.69) is 29.7 Å². The topological polar surface area (TPSA) is 113 Å². The number of carbonyl (C=O) groups excluding carboxylic acids is 1. The fourth-order valence-corrected chi connectivity index (χ4v) is 8.21. The first kappa shape index (κ1) is 37.2. The number of pyridine rings is 1. The van der Waals surface area contributed by atoms with E-state index >= 15 is 0 Å². The SMILES string of the molecule is CC.CCN(C(=O)c1cc(F)ccc1Oc1cncnc1N1CC2(CC(Oc3ccnc4c3CN(CCCN3CC(N)(Cl)C3)CC4)C2)C1)C(C)C. The van der Waals surface area contributed by atoms with Gasteiger partial charge in [-0.1, -0.05) is 25.4 Å². The molecule has 1 amide bonds. The summed E-state index contributed by atoms with van der Waals surface area (Å²) in [4.78, 5) is 34.9. The number of rotatable bonds is 12. The smallest absolute Gasteiger partial charge is 0.257 e. The number of halogens is 2. The molecule has 2 N–H and O–H groups in total. The second-order valence-corrected chi connectivity index (χ2v) is 15.3. The Balaban J connectivity index is 0.00000220. The van der Waals surface area contributed by atoms with Gasteiger partial charge in [-0.15, -0.1) is 0 Å². The summed E-state index contributed by atoms with van der Waals surface area (Å²) in [6.45, 7) is 17.3. The minimum absolute atomic E-state index is 0.0404. The number of nitrogens with two attached hydrogens (primary N) is 1. The third kappa shape index (κ3) is 8.24. The van der Waals surface area contributed by atoms with Crippen molar-refractivity contribution in [3.63, 3.8) is 0 Å². The highest BCUT2D eigenvalue weighted by atomic mass is 35.5. The lowest BCUT2D eigenvalue weighted by Crippen LogP contribution is -2.65. The van der Waals surface area contributed by atoms with Crippen LogP contribution in [0.2, 0.25) is 0 Å². The lowest BCUT2D eigenvalue weighted by molar-refractivity contribution is -0.0352. The molecule has 276 valence electrons. The number of alkyl halides is 1. The quantitative estimate of drug-likeness (QED) is 0.184. The number of aromatic nitrogens is 3. The second-order valence-electron chi connectivity index (χ2n) is 14.5. The molecular formula is C38H52ClFN8O3. The van der Waals surface area contributed by atoms with Crippen LogP contribution in [0.15, 0.2) is 43.0 Å². The van der Waals surface area contributed by atoms with Crippen molar-refractivity contribution >= 4 is 23.3 Å². The van der Waals surface area contributed by atoms with Crippen LogP contribution in [0.4, 0.5) is 10.2 Å². The molecule has 2 aromatic heterocycles. The molecule has 1 saturated carbocycles. The van der Waals surface area contributed by atoms with Crippen molar-refractivity contribution in [3.8, 4) is 17.2 Å². The van der Waals surface area contributed by atoms with Gasteiger partial charge in [-0.3, -0.25) is 19.6 Å². The van der Waals surface area contributed by atoms with Crippen molar-refractivity contribution in [1.29, 1.82) is 0 Å². The van der Waals surface area contributed by atoms with Crippen LogP contribution < -0.4 is 20.1 Å². The molecule has 11 nitrogen and oxygen atoms in total. The number of ether oxygens (including phenoxy) is 2. The van der Waals surface area contributed by atoms with E-state index in [9.17, 15) is 9.18 Å². The number of hydrogen-bond acceptors (Lipinski definition) is 10. The average Bonchev–Trinajstić information content (AvgIpc) is 3.06. The van der Waals surface area contributed by atoms with Gasteiger partial charge in [0.25, 0.3) is 5.91 Å². The van der Waals surface area contributed by atoms with Gasteiger partial charge in [-0.2, -0.15) is 0 Å². The van der Waals surface area contributed by atoms with Crippen LogP contribution in [0.5, 0.6) is 17.2 Å². The summed E-state index contributed by atoms with van der Waals surface area (Å²) in [5, 5.41) is 0. The van der Waals surface area contributed by atoms with Crippen molar-refractivity contribution in [2.45, 2.75) is 84.0 Å². The molecule has 51 heavy (non-hydrogen) atoms. The molecular weight excluding hydrogens is 671 g/mol. The lowest BCUT2D eigenvalue weighted by atomic mass is 9.61. The Labute approximate surface area is 306 Å². The summed E-state index contributed by atoms with van der Waals surface area (Å²) >= 11 is 6.17. The number of nitrogens with zero attached hydrogens (tertiary/aromatic N) is 7. The monoisotopic (exact) mass is 722 g/mol. The molecule has 0 bridgehead atoms. The Kier molecular flexibility index (Phi) is 11.4. The summed E-state index contributed by atoms with van der Waals surface area (Å²) < 4.78 is 27.2. The fourth-order valence-electron chi connectivity index (χ4n) is 7.88. The summed E-state index contributed by atoms with van der Waals surface area (Å²) in [5.74, 6) is 1.55. The minimum Gasteiger partial charge on any atom is -0.490 e. The summed E-state index contributed by atoms with van der Waals surface area (Å²) in [7, 11) is 0. The van der Waals surface area contributed by atoms with Crippen LogP contribution >= 0.6 is 11.6 Å². The summed E-state index contributed by atoms with van der Waals surface area (Å²) in [6, 6.07) is 6.00. The number of fused-ring (bicyclic) bond motifs is 1. The molecule has 0 atom stereocenters. The molecule has 4 aliphatic rings. The standard InChI is InChI=1S/C36H46ClFN8O3.C2H6/c1-4-46(24(2)3)34(47)27-14-25(38)6-7-30(27)49-32-17-40-23-42-33(32)45-19-35(20-45)15-26(16-35)48-31-8-10-41-29-9-13-43(18-28(29)31)11-5-12-44-21-36(37,39)22-44;1-2/h6-8,10,14,17,23-24,26H,4-5,9,11-13,15-16,18-22,39H2,1-3H3;1-2H3. The third-order valence-corrected chi connectivity index (χ3v) is 10.6. The highest BCUT2D eigenvalue weighted by molar-refractivity contribution is 6.24. The maximum Gasteiger partial charge on any atom is 0.257 e. The number of anilines is 1. The Morgan fingerprint density at radius 1 is 1.08 bits per heavy atom. The number of likely N-dealkylation sites (tertiary alicyclic amines) is 1. The minimum atomic E-state index is -0.546. The Hall–Kier alpha value is -3.58. The Morgan fingerprint density at radius 3 is 2.53 bits per heavy atom. The van der Waals surface area contributed by atoms with Gasteiger partial charge in [-0.05, 0) is 77.4 Å². The van der Waals surface area contributed by atoms with Crippen molar-refractivity contribution in [2.75, 3.05) is 57.3 Å². The average molecular weight is 723 g/mol. The molecule has 0 unspecified atom stereocenters. The lowest BCUT2D eigenvalue weighted by Gasteiger charge is -2.59. The highest BCUT2D eigenvalue weighted by Gasteiger charge is 2.54. The molecule has 3 aliphatic heterocycles. The zero-order chi connectivity index (χ0) is 36.3. The maximum atomic E-state index is 14.3. The molecule has 7 rings (SSSR count). The number of hydrogen-bond donors (Lipinski definition) is 1. The van der Waals surface area contributed by atoms with Crippen LogP contribution in [-0.2, 0) is 13.0 Å². The van der Waals surface area contributed by atoms with Crippen molar-refractivity contribution in [1.82, 2.24) is 29.7 Å². The number of benzene rings is 1. The van der Waals surface area contributed by atoms with Crippen molar-refractivity contribution in [3.05, 3.63) is 65.6 Å². The van der Waals surface area contributed by atoms with E-state index in [1.165, 1.54) is 30.1 Å². The van der Waals surface area contributed by atoms with Crippen molar-refractivity contribution < 1.29 is 18.7 Å². The molecule has 3 aromatic rings. The van der Waals surface area contributed by atoms with Gasteiger partial charge in [0, 0.05) is 81.1 Å². The van der Waals surface area contributed by atoms with Gasteiger partial charge >= 0.3 is 0 Å². The van der Waals surface area contributed by atoms with Gasteiger partial charge < -0.3 is 25.0 Å². The van der Waals surface area contributed by atoms with Gasteiger partial charge in [0.05, 0.1) is 11.8 Å². The molecule has 1 aromatic carbocycles. The molecule has 2 saturated heterocycles. The Bertz CT molecular complexity index is 1670. The van der Waals surface area contributed by atoms with Gasteiger partial charge in [0.1, 0.15) is 34.7 Å². The zero-order valence-corrected chi connectivity index (χ0v) is 31.3. The molecule has 0 radical (unpaired) electrons. The third-order valence-electron chi connectivity index (χ3n) is 10.3. The Morgan fingerprint density at radius 2 is 1.82 bits per heavy atom. The van der Waals surface area contributed by atoms with E-state index in [0.717, 1.165) is 89.5 Å². The van der Waals surface area contributed by atoms with Gasteiger partial charge in [0.15, 0.2) is 11.6 Å². The van der Waals surface area contributed by atoms with E-state index in [1.807, 2.05) is 46.9 Å². The van der Waals surface area contributed by atoms with E-state index in [4.69, 9.17) is 26.8 Å². The zero-order valence-electron chi connectivity index (χ0n) is 30.6. The van der Waals surface area contributed by atoms with Crippen LogP contribution in [0.1, 0.15) is 75.5 Å². The molecule has 13 heteroatoms. The van der Waals surface area contributed by atoms with Gasteiger partial charge in [0.2, 0.25) is 0 Å².